The molecule has 0 bridgehead atoms. The Hall–Kier alpha value is -3.00. The summed E-state index contributed by atoms with van der Waals surface area (Å²) in [5, 5.41) is 12.9. The lowest BCUT2D eigenvalue weighted by Crippen LogP contribution is -2.39. The van der Waals surface area contributed by atoms with Gasteiger partial charge in [0.1, 0.15) is 17.1 Å². The van der Waals surface area contributed by atoms with E-state index in [9.17, 15) is 4.79 Å². The number of nitrogens with zero attached hydrogens (tertiary/aromatic N) is 5. The van der Waals surface area contributed by atoms with Gasteiger partial charge in [-0.15, -0.1) is 0 Å². The first-order chi connectivity index (χ1) is 14.8. The van der Waals surface area contributed by atoms with Crippen LogP contribution in [0.15, 0.2) is 45.1 Å². The number of piperidine rings is 1. The highest BCUT2D eigenvalue weighted by Gasteiger charge is 2.30. The van der Waals surface area contributed by atoms with Crippen molar-refractivity contribution in [3.05, 3.63) is 47.3 Å². The third-order valence-corrected chi connectivity index (χ3v) is 5.72. The number of aromatic nitrogens is 1. The van der Waals surface area contributed by atoms with E-state index in [1.165, 1.54) is 5.12 Å². The number of amides is 1. The van der Waals surface area contributed by atoms with Crippen molar-refractivity contribution in [2.45, 2.75) is 58.1 Å². The minimum atomic E-state index is -0.450. The molecule has 31 heavy (non-hydrogen) atoms. The van der Waals surface area contributed by atoms with E-state index >= 15 is 0 Å². The Morgan fingerprint density at radius 1 is 1.29 bits per heavy atom. The summed E-state index contributed by atoms with van der Waals surface area (Å²) in [6.07, 6.45) is 2.94. The van der Waals surface area contributed by atoms with Gasteiger partial charge in [0.05, 0.1) is 5.69 Å². The second-order valence-corrected chi connectivity index (χ2v) is 8.11. The third-order valence-electron chi connectivity index (χ3n) is 5.72. The van der Waals surface area contributed by atoms with Crippen molar-refractivity contribution >= 4 is 25.5 Å². The first-order valence-electron chi connectivity index (χ1n) is 10.3. The molecule has 8 nitrogen and oxygen atoms in total. The normalized spacial score (nSPS) is 18.5. The summed E-state index contributed by atoms with van der Waals surface area (Å²) in [7, 11) is 1.66. The van der Waals surface area contributed by atoms with Crippen LogP contribution in [0.1, 0.15) is 56.5 Å². The van der Waals surface area contributed by atoms with Crippen LogP contribution in [0.3, 0.4) is 0 Å². The molecule has 1 aromatic heterocycles. The fraction of sp³-hybridized carbons (Fsp3) is 0.478. The lowest BCUT2D eigenvalue weighted by Gasteiger charge is -2.34. The molecule has 2 aromatic rings. The molecular weight excluding hydrogens is 394 g/mol. The number of anilines is 1. The molecule has 1 amide bonds. The Morgan fingerprint density at radius 3 is 2.55 bits per heavy atom. The maximum Gasteiger partial charge on any atom is 0.209 e. The molecule has 0 aliphatic carbocycles. The topological polar surface area (TPSA) is 83.5 Å². The van der Waals surface area contributed by atoms with E-state index in [0.717, 1.165) is 42.0 Å². The van der Waals surface area contributed by atoms with E-state index in [2.05, 4.69) is 35.7 Å². The highest BCUT2D eigenvalue weighted by molar-refractivity contribution is 5.54. The van der Waals surface area contributed by atoms with Gasteiger partial charge >= 0.3 is 0 Å². The summed E-state index contributed by atoms with van der Waals surface area (Å²) >= 11 is 0. The number of benzene rings is 1. The van der Waals surface area contributed by atoms with Gasteiger partial charge in [0, 0.05) is 45.1 Å². The Balaban J connectivity index is 0.000000245. The summed E-state index contributed by atoms with van der Waals surface area (Å²) < 4.78 is 10.8. The van der Waals surface area contributed by atoms with E-state index in [4.69, 9.17) is 9.26 Å². The fourth-order valence-corrected chi connectivity index (χ4v) is 3.37. The lowest BCUT2D eigenvalue weighted by atomic mass is 9.91. The number of carbonyl (C=O) groups is 1. The molecule has 3 rings (SSSR count). The molecular formula is C23H33N5O3. The van der Waals surface area contributed by atoms with Crippen molar-refractivity contribution < 1.29 is 14.1 Å². The van der Waals surface area contributed by atoms with Crippen molar-refractivity contribution in [1.82, 2.24) is 10.1 Å². The number of hydrogen-bond donors (Lipinski definition) is 0. The van der Waals surface area contributed by atoms with E-state index in [-0.39, 0.29) is 5.92 Å². The quantitative estimate of drug-likeness (QED) is 0.373. The average Bonchev–Trinajstić information content (AvgIpc) is 3.28. The van der Waals surface area contributed by atoms with Gasteiger partial charge in [0.2, 0.25) is 6.41 Å². The molecule has 2 heterocycles. The maximum atomic E-state index is 11.0. The van der Waals surface area contributed by atoms with Crippen LogP contribution in [0.4, 0.5) is 5.69 Å². The van der Waals surface area contributed by atoms with Crippen LogP contribution in [0.2, 0.25) is 0 Å². The molecule has 0 saturated carbocycles. The number of carbonyl (C=O) groups excluding carboxylic acids is 1. The van der Waals surface area contributed by atoms with Crippen molar-refractivity contribution in [2.24, 2.45) is 10.2 Å². The highest BCUT2D eigenvalue weighted by Crippen LogP contribution is 2.32. The third kappa shape index (κ3) is 6.01. The van der Waals surface area contributed by atoms with Gasteiger partial charge in [-0.2, -0.15) is 15.3 Å². The average molecular weight is 428 g/mol. The standard InChI is InChI=1S/C14H22N2O3.C9H11N3/c1-10-5-6-11(8-16(10)9-17)12-7-13(15-19-12)14(2,3)18-4;1-8-6-4-5-7-9(8)12(10-2)11-3/h7,9-11H,5-6,8H2,1-4H3;4-7H,2-3H2,1H3/t10-,11?;/m1./s1. The summed E-state index contributed by atoms with van der Waals surface area (Å²) in [6, 6.07) is 10.0. The predicted octanol–water partition coefficient (Wildman–Crippen LogP) is 4.31. The Kier molecular flexibility index (Phi) is 8.50. The fourth-order valence-electron chi connectivity index (χ4n) is 3.37. The first-order valence-corrected chi connectivity index (χ1v) is 10.3. The van der Waals surface area contributed by atoms with Crippen molar-refractivity contribution in [3.63, 3.8) is 0 Å². The number of para-hydroxylation sites is 1. The second-order valence-electron chi connectivity index (χ2n) is 8.11. The monoisotopic (exact) mass is 427 g/mol. The summed E-state index contributed by atoms with van der Waals surface area (Å²) in [6.45, 7) is 15.5. The van der Waals surface area contributed by atoms with Gasteiger partial charge in [-0.05, 0) is 52.2 Å². The molecule has 1 aliphatic rings. The predicted molar refractivity (Wildman–Crippen MR) is 124 cm³/mol. The molecule has 1 aliphatic heterocycles. The van der Waals surface area contributed by atoms with Gasteiger partial charge in [-0.3, -0.25) is 4.79 Å². The van der Waals surface area contributed by atoms with Crippen LogP contribution < -0.4 is 5.12 Å². The molecule has 0 N–H and O–H groups in total. The Labute approximate surface area is 184 Å². The largest absolute Gasteiger partial charge is 0.372 e. The van der Waals surface area contributed by atoms with Crippen molar-refractivity contribution in [2.75, 3.05) is 18.8 Å². The molecule has 1 fully saturated rings. The van der Waals surface area contributed by atoms with E-state index < -0.39 is 5.60 Å². The maximum absolute atomic E-state index is 11.0. The van der Waals surface area contributed by atoms with Gasteiger partial charge < -0.3 is 14.2 Å². The minimum Gasteiger partial charge on any atom is -0.372 e. The van der Waals surface area contributed by atoms with Crippen LogP contribution in [-0.2, 0) is 15.1 Å². The first kappa shape index (κ1) is 24.3. The summed E-state index contributed by atoms with van der Waals surface area (Å²) in [5.41, 5.74) is 2.34. The lowest BCUT2D eigenvalue weighted by molar-refractivity contribution is -0.121. The van der Waals surface area contributed by atoms with Gasteiger partial charge in [0.15, 0.2) is 0 Å². The van der Waals surface area contributed by atoms with E-state index in [0.29, 0.717) is 12.6 Å². The zero-order valence-corrected chi connectivity index (χ0v) is 19.1. The molecule has 8 heteroatoms. The molecule has 0 radical (unpaired) electrons. The van der Waals surface area contributed by atoms with Crippen molar-refractivity contribution in [3.8, 4) is 0 Å². The molecule has 1 aromatic carbocycles. The molecule has 1 saturated heterocycles. The van der Waals surface area contributed by atoms with Crippen LogP contribution in [0, 0.1) is 6.92 Å². The Bertz CT molecular complexity index is 872. The van der Waals surface area contributed by atoms with Gasteiger partial charge in [0.25, 0.3) is 0 Å². The van der Waals surface area contributed by atoms with Gasteiger partial charge in [-0.1, -0.05) is 23.4 Å². The summed E-state index contributed by atoms with van der Waals surface area (Å²) in [4.78, 5) is 12.8. The zero-order valence-electron chi connectivity index (χ0n) is 19.1. The molecule has 1 unspecified atom stereocenters. The number of hydrazone groups is 2. The number of methoxy groups -OCH3 is 1. The minimum absolute atomic E-state index is 0.232. The van der Waals surface area contributed by atoms with Crippen molar-refractivity contribution in [1.29, 1.82) is 0 Å². The second kappa shape index (κ2) is 10.9. The zero-order chi connectivity index (χ0) is 23.0. The highest BCUT2D eigenvalue weighted by atomic mass is 16.5. The number of likely N-dealkylation sites (tertiary alicyclic amines) is 1. The SMILES string of the molecule is C=NN(N=C)c1ccccc1C.COC(C)(C)c1cc(C2CC[C@@H](C)N(C=O)C2)on1. The van der Waals surface area contributed by atoms with Crippen LogP contribution in [0.25, 0.3) is 0 Å². The summed E-state index contributed by atoms with van der Waals surface area (Å²) in [5.74, 6) is 1.08. The van der Waals surface area contributed by atoms with E-state index in [1.54, 1.807) is 7.11 Å². The molecule has 168 valence electrons. The molecule has 0 spiro atoms. The molecule has 2 atom stereocenters. The van der Waals surface area contributed by atoms with E-state index in [1.807, 2.05) is 56.0 Å². The number of ether oxygens (including phenoxy) is 1. The number of rotatable bonds is 7. The smallest absolute Gasteiger partial charge is 0.209 e. The number of hydrogen-bond acceptors (Lipinski definition) is 7. The number of aryl methyl sites for hydroxylation is 1. The van der Waals surface area contributed by atoms with Crippen LogP contribution in [0.5, 0.6) is 0 Å². The van der Waals surface area contributed by atoms with Gasteiger partial charge in [-0.25, -0.2) is 0 Å². The van der Waals surface area contributed by atoms with Crippen LogP contribution in [-0.4, -0.2) is 49.6 Å². The Morgan fingerprint density at radius 2 is 1.97 bits per heavy atom. The van der Waals surface area contributed by atoms with Crippen LogP contribution >= 0.6 is 0 Å².